The molecule has 1 fully saturated rings. The molecule has 4 rings (SSSR count). The number of rotatable bonds is 3. The Morgan fingerprint density at radius 3 is 2.42 bits per heavy atom. The Labute approximate surface area is 191 Å². The summed E-state index contributed by atoms with van der Waals surface area (Å²) in [6.07, 6.45) is 0. The number of Topliss-reactive ketones (excluding diaryl/α,β-unsaturated/α-hetero) is 1. The van der Waals surface area contributed by atoms with Crippen LogP contribution in [0.5, 0.6) is 0 Å². The van der Waals surface area contributed by atoms with Gasteiger partial charge in [0.25, 0.3) is 11.7 Å². The first kappa shape index (κ1) is 21.3. The van der Waals surface area contributed by atoms with Crippen LogP contribution in [0.1, 0.15) is 22.7 Å². The molecule has 0 aromatic heterocycles. The van der Waals surface area contributed by atoms with Crippen LogP contribution in [0.3, 0.4) is 0 Å². The number of aliphatic hydroxyl groups is 1. The first-order valence-electron chi connectivity index (χ1n) is 9.36. The summed E-state index contributed by atoms with van der Waals surface area (Å²) in [7, 11) is 0. The molecule has 1 N–H and O–H groups in total. The van der Waals surface area contributed by atoms with Crippen molar-refractivity contribution in [3.63, 3.8) is 0 Å². The molecule has 4 nitrogen and oxygen atoms in total. The Hall–Kier alpha value is -2.96. The van der Waals surface area contributed by atoms with Gasteiger partial charge in [-0.05, 0) is 60.5 Å². The molecule has 0 radical (unpaired) electrons. The van der Waals surface area contributed by atoms with Crippen molar-refractivity contribution in [1.82, 2.24) is 0 Å². The van der Waals surface area contributed by atoms with Gasteiger partial charge >= 0.3 is 0 Å². The fourth-order valence-corrected chi connectivity index (χ4v) is 4.01. The van der Waals surface area contributed by atoms with Gasteiger partial charge in [0.05, 0.1) is 11.6 Å². The minimum atomic E-state index is -0.942. The van der Waals surface area contributed by atoms with Crippen molar-refractivity contribution in [3.05, 3.63) is 104 Å². The largest absolute Gasteiger partial charge is 0.507 e. The van der Waals surface area contributed by atoms with Gasteiger partial charge in [-0.15, -0.1) is 0 Å². The van der Waals surface area contributed by atoms with Gasteiger partial charge in [0, 0.05) is 20.7 Å². The van der Waals surface area contributed by atoms with E-state index in [4.69, 9.17) is 11.6 Å². The zero-order valence-electron chi connectivity index (χ0n) is 16.3. The summed E-state index contributed by atoms with van der Waals surface area (Å²) in [5.41, 5.74) is 1.96. The normalized spacial score (nSPS) is 17.9. The van der Waals surface area contributed by atoms with E-state index in [9.17, 15) is 19.1 Å². The number of aliphatic hydroxyl groups excluding tert-OH is 1. The summed E-state index contributed by atoms with van der Waals surface area (Å²) in [5, 5.41) is 11.6. The first-order chi connectivity index (χ1) is 14.8. The fraction of sp³-hybridized carbons (Fsp3) is 0.0833. The number of anilines is 1. The third kappa shape index (κ3) is 3.89. The summed E-state index contributed by atoms with van der Waals surface area (Å²) >= 11 is 9.42. The highest BCUT2D eigenvalue weighted by atomic mass is 79.9. The standard InChI is InChI=1S/C24H16BrClFNO3/c1-13-11-15(7-10-19(13)25)22(29)20-21(14-5-8-16(26)9-6-14)28(24(31)23(20)30)18-4-2-3-17(27)12-18/h2-12,21,29H,1H3/b22-20+. The number of carbonyl (C=O) groups is 2. The molecular weight excluding hydrogens is 485 g/mol. The average Bonchev–Trinajstić information content (AvgIpc) is 3.01. The number of hydrogen-bond donors (Lipinski definition) is 1. The number of aryl methyl sites for hydroxylation is 1. The molecule has 1 aliphatic rings. The van der Waals surface area contributed by atoms with Gasteiger partial charge in [0.15, 0.2) is 0 Å². The van der Waals surface area contributed by atoms with Crippen LogP contribution in [-0.4, -0.2) is 16.8 Å². The number of benzene rings is 3. The molecule has 3 aromatic carbocycles. The second kappa shape index (κ2) is 8.29. The van der Waals surface area contributed by atoms with E-state index < -0.39 is 23.5 Å². The summed E-state index contributed by atoms with van der Waals surface area (Å²) in [5.74, 6) is -2.53. The number of halogens is 3. The van der Waals surface area contributed by atoms with Crippen LogP contribution >= 0.6 is 27.5 Å². The van der Waals surface area contributed by atoms with E-state index in [1.165, 1.54) is 23.1 Å². The molecule has 0 saturated carbocycles. The molecule has 0 bridgehead atoms. The molecule has 0 spiro atoms. The lowest BCUT2D eigenvalue weighted by atomic mass is 9.94. The van der Waals surface area contributed by atoms with Gasteiger partial charge in [0.2, 0.25) is 0 Å². The lowest BCUT2D eigenvalue weighted by Crippen LogP contribution is -2.29. The fourth-order valence-electron chi connectivity index (χ4n) is 3.63. The van der Waals surface area contributed by atoms with E-state index in [-0.39, 0.29) is 17.0 Å². The van der Waals surface area contributed by atoms with Crippen LogP contribution in [0.25, 0.3) is 5.76 Å². The van der Waals surface area contributed by atoms with Gasteiger partial charge in [0.1, 0.15) is 11.6 Å². The number of amides is 1. The van der Waals surface area contributed by atoms with Gasteiger partial charge in [-0.25, -0.2) is 4.39 Å². The van der Waals surface area contributed by atoms with Gasteiger partial charge in [-0.1, -0.05) is 51.8 Å². The molecule has 3 aromatic rings. The summed E-state index contributed by atoms with van der Waals surface area (Å²) in [6, 6.07) is 16.2. The van der Waals surface area contributed by atoms with E-state index in [0.29, 0.717) is 16.1 Å². The maximum Gasteiger partial charge on any atom is 0.300 e. The number of ketones is 1. The molecule has 0 aliphatic carbocycles. The second-order valence-corrected chi connectivity index (χ2v) is 8.46. The van der Waals surface area contributed by atoms with E-state index in [0.717, 1.165) is 10.0 Å². The molecule has 1 atom stereocenters. The van der Waals surface area contributed by atoms with E-state index in [1.54, 1.807) is 48.5 Å². The summed E-state index contributed by atoms with van der Waals surface area (Å²) in [6.45, 7) is 1.85. The molecule has 1 saturated heterocycles. The van der Waals surface area contributed by atoms with Gasteiger partial charge in [-0.3, -0.25) is 14.5 Å². The minimum absolute atomic E-state index is 0.0710. The smallest absolute Gasteiger partial charge is 0.300 e. The van der Waals surface area contributed by atoms with Crippen molar-refractivity contribution in [2.75, 3.05) is 4.90 Å². The third-order valence-electron chi connectivity index (χ3n) is 5.15. The van der Waals surface area contributed by atoms with Gasteiger partial charge < -0.3 is 5.11 Å². The first-order valence-corrected chi connectivity index (χ1v) is 10.5. The van der Waals surface area contributed by atoms with Crippen LogP contribution in [0, 0.1) is 12.7 Å². The second-order valence-electron chi connectivity index (χ2n) is 7.16. The molecule has 1 unspecified atom stereocenters. The number of carbonyl (C=O) groups excluding carboxylic acids is 2. The molecular formula is C24H16BrClFNO3. The van der Waals surface area contributed by atoms with Crippen molar-refractivity contribution < 1.29 is 19.1 Å². The molecule has 1 aliphatic heterocycles. The minimum Gasteiger partial charge on any atom is -0.507 e. The maximum absolute atomic E-state index is 13.9. The van der Waals surface area contributed by atoms with E-state index in [1.807, 2.05) is 6.92 Å². The lowest BCUT2D eigenvalue weighted by molar-refractivity contribution is -0.132. The van der Waals surface area contributed by atoms with Crippen molar-refractivity contribution in [1.29, 1.82) is 0 Å². The Balaban J connectivity index is 1.96. The monoisotopic (exact) mass is 499 g/mol. The molecule has 156 valence electrons. The molecule has 1 amide bonds. The quantitative estimate of drug-likeness (QED) is 0.266. The third-order valence-corrected chi connectivity index (χ3v) is 6.29. The number of nitrogens with zero attached hydrogens (tertiary/aromatic N) is 1. The molecule has 31 heavy (non-hydrogen) atoms. The Bertz CT molecular complexity index is 1240. The van der Waals surface area contributed by atoms with Crippen LogP contribution in [0.4, 0.5) is 10.1 Å². The van der Waals surface area contributed by atoms with Crippen molar-refractivity contribution in [2.24, 2.45) is 0 Å². The van der Waals surface area contributed by atoms with Crippen LogP contribution in [0.15, 0.2) is 76.8 Å². The zero-order valence-corrected chi connectivity index (χ0v) is 18.6. The summed E-state index contributed by atoms with van der Waals surface area (Å²) < 4.78 is 14.8. The van der Waals surface area contributed by atoms with Crippen LogP contribution in [0.2, 0.25) is 5.02 Å². The number of hydrogen-bond acceptors (Lipinski definition) is 3. The highest BCUT2D eigenvalue weighted by Gasteiger charge is 2.47. The topological polar surface area (TPSA) is 57.6 Å². The highest BCUT2D eigenvalue weighted by molar-refractivity contribution is 9.10. The van der Waals surface area contributed by atoms with Crippen LogP contribution < -0.4 is 4.90 Å². The highest BCUT2D eigenvalue weighted by Crippen LogP contribution is 2.42. The van der Waals surface area contributed by atoms with E-state index in [2.05, 4.69) is 15.9 Å². The van der Waals surface area contributed by atoms with Gasteiger partial charge in [-0.2, -0.15) is 0 Å². The SMILES string of the molecule is Cc1cc(/C(O)=C2\C(=O)C(=O)N(c3cccc(F)c3)C2c2ccc(Cl)cc2)ccc1Br. The van der Waals surface area contributed by atoms with Crippen LogP contribution in [-0.2, 0) is 9.59 Å². The van der Waals surface area contributed by atoms with Crippen molar-refractivity contribution >= 4 is 50.7 Å². The predicted molar refractivity (Wildman–Crippen MR) is 122 cm³/mol. The zero-order chi connectivity index (χ0) is 22.3. The Kier molecular flexibility index (Phi) is 5.69. The van der Waals surface area contributed by atoms with Crippen molar-refractivity contribution in [2.45, 2.75) is 13.0 Å². The predicted octanol–water partition coefficient (Wildman–Crippen LogP) is 6.18. The Morgan fingerprint density at radius 1 is 1.06 bits per heavy atom. The lowest BCUT2D eigenvalue weighted by Gasteiger charge is -2.25. The summed E-state index contributed by atoms with van der Waals surface area (Å²) in [4.78, 5) is 27.3. The molecule has 7 heteroatoms. The van der Waals surface area contributed by atoms with E-state index >= 15 is 0 Å². The van der Waals surface area contributed by atoms with Crippen molar-refractivity contribution in [3.8, 4) is 0 Å². The molecule has 1 heterocycles. The Morgan fingerprint density at radius 2 is 1.77 bits per heavy atom. The maximum atomic E-state index is 13.9. The average molecular weight is 501 g/mol.